The Labute approximate surface area is 83.3 Å². The van der Waals surface area contributed by atoms with Gasteiger partial charge in [0.05, 0.1) is 11.5 Å². The van der Waals surface area contributed by atoms with Crippen molar-refractivity contribution in [3.05, 3.63) is 24.0 Å². The second kappa shape index (κ2) is 3.84. The van der Waals surface area contributed by atoms with Crippen molar-refractivity contribution in [2.45, 2.75) is 19.9 Å². The zero-order chi connectivity index (χ0) is 10.8. The average molecular weight is 196 g/mol. The van der Waals surface area contributed by atoms with Gasteiger partial charge in [-0.3, -0.25) is 4.79 Å². The largest absolute Gasteiger partial charge is 0.481 e. The Bertz CT molecular complexity index is 304. The van der Waals surface area contributed by atoms with Crippen LogP contribution in [0.2, 0.25) is 0 Å². The van der Waals surface area contributed by atoms with E-state index in [9.17, 15) is 4.79 Å². The van der Waals surface area contributed by atoms with Gasteiger partial charge in [-0.05, 0) is 33.0 Å². The highest BCUT2D eigenvalue weighted by molar-refractivity contribution is 5.74. The van der Waals surface area contributed by atoms with Crippen molar-refractivity contribution in [2.75, 3.05) is 7.05 Å². The molecule has 4 heteroatoms. The number of carbonyl (C=O) groups is 1. The van der Waals surface area contributed by atoms with E-state index < -0.39 is 11.4 Å². The lowest BCUT2D eigenvalue weighted by atomic mass is 9.83. The molecule has 0 aliphatic heterocycles. The van der Waals surface area contributed by atoms with Crippen molar-refractivity contribution in [1.82, 2.24) is 10.3 Å². The van der Waals surface area contributed by atoms with Crippen LogP contribution < -0.4 is 5.32 Å². The van der Waals surface area contributed by atoms with Gasteiger partial charge in [-0.2, -0.15) is 0 Å². The second-order valence-electron chi connectivity index (χ2n) is 3.87. The van der Waals surface area contributed by atoms with Crippen LogP contribution in [0.25, 0.3) is 0 Å². The van der Waals surface area contributed by atoms with Crippen LogP contribution in [0.15, 0.2) is 18.3 Å². The lowest BCUT2D eigenvalue weighted by Crippen LogP contribution is -2.38. The summed E-state index contributed by atoms with van der Waals surface area (Å²) in [5.41, 5.74) is 0.0551. The summed E-state index contributed by atoms with van der Waals surface area (Å²) in [6.07, 6.45) is 1.79. The molecule has 0 bridgehead atoms. The molecule has 1 heterocycles. The first-order valence-electron chi connectivity index (χ1n) is 4.54. The first-order chi connectivity index (χ1) is 6.50. The fourth-order valence-electron chi connectivity index (χ4n) is 1.55. The minimum atomic E-state index is -0.834. The molecular weight excluding hydrogens is 180 g/mol. The SMILES string of the molecule is CNC(c1ccc[nH]1)C(C)(C)C(=O)O. The number of H-pyrrole nitrogens is 1. The fraction of sp³-hybridized carbons (Fsp3) is 0.500. The van der Waals surface area contributed by atoms with Gasteiger partial charge >= 0.3 is 5.97 Å². The maximum Gasteiger partial charge on any atom is 0.311 e. The monoisotopic (exact) mass is 196 g/mol. The molecule has 0 aromatic carbocycles. The van der Waals surface area contributed by atoms with Crippen molar-refractivity contribution in [3.8, 4) is 0 Å². The zero-order valence-corrected chi connectivity index (χ0v) is 8.66. The molecule has 0 fully saturated rings. The molecule has 0 radical (unpaired) electrons. The quantitative estimate of drug-likeness (QED) is 0.681. The first-order valence-corrected chi connectivity index (χ1v) is 4.54. The topological polar surface area (TPSA) is 65.1 Å². The number of aromatic nitrogens is 1. The molecule has 0 aliphatic rings. The van der Waals surface area contributed by atoms with Crippen molar-refractivity contribution in [3.63, 3.8) is 0 Å². The third-order valence-corrected chi connectivity index (χ3v) is 2.49. The Hall–Kier alpha value is -1.29. The fourth-order valence-corrected chi connectivity index (χ4v) is 1.55. The molecule has 1 aromatic rings. The normalized spacial score (nSPS) is 13.9. The molecule has 0 aliphatic carbocycles. The minimum Gasteiger partial charge on any atom is -0.481 e. The summed E-state index contributed by atoms with van der Waals surface area (Å²) < 4.78 is 0. The zero-order valence-electron chi connectivity index (χ0n) is 8.66. The molecular formula is C10H16N2O2. The highest BCUT2D eigenvalue weighted by Gasteiger charge is 2.37. The van der Waals surface area contributed by atoms with Gasteiger partial charge in [-0.25, -0.2) is 0 Å². The molecule has 4 nitrogen and oxygen atoms in total. The summed E-state index contributed by atoms with van der Waals surface area (Å²) in [5, 5.41) is 12.1. The van der Waals surface area contributed by atoms with Crippen LogP contribution in [-0.2, 0) is 4.79 Å². The molecule has 0 spiro atoms. The minimum absolute atomic E-state index is 0.213. The standard InChI is InChI=1S/C10H16N2O2/c1-10(2,9(13)14)8(11-3)7-5-4-6-12-7/h4-6,8,11-12H,1-3H3,(H,13,14). The summed E-state index contributed by atoms with van der Waals surface area (Å²) in [6, 6.07) is 3.53. The van der Waals surface area contributed by atoms with Gasteiger partial charge in [-0.15, -0.1) is 0 Å². The Morgan fingerprint density at radius 2 is 2.29 bits per heavy atom. The molecule has 1 atom stereocenters. The molecule has 1 aromatic heterocycles. The van der Waals surface area contributed by atoms with E-state index in [2.05, 4.69) is 10.3 Å². The number of carboxylic acids is 1. The third-order valence-electron chi connectivity index (χ3n) is 2.49. The van der Waals surface area contributed by atoms with E-state index in [1.54, 1.807) is 27.1 Å². The van der Waals surface area contributed by atoms with Crippen molar-refractivity contribution < 1.29 is 9.90 Å². The molecule has 14 heavy (non-hydrogen) atoms. The predicted octanol–water partition coefficient (Wildman–Crippen LogP) is 1.39. The van der Waals surface area contributed by atoms with Gasteiger partial charge < -0.3 is 15.4 Å². The highest BCUT2D eigenvalue weighted by Crippen LogP contribution is 2.32. The summed E-state index contributed by atoms with van der Waals surface area (Å²) in [5.74, 6) is -0.813. The Balaban J connectivity index is 2.98. The van der Waals surface area contributed by atoms with E-state index in [-0.39, 0.29) is 6.04 Å². The molecule has 3 N–H and O–H groups in total. The number of hydrogen-bond acceptors (Lipinski definition) is 2. The van der Waals surface area contributed by atoms with Crippen LogP contribution in [0.4, 0.5) is 0 Å². The van der Waals surface area contributed by atoms with Gasteiger partial charge in [0, 0.05) is 11.9 Å². The molecule has 0 saturated heterocycles. The van der Waals surface area contributed by atoms with Crippen molar-refractivity contribution >= 4 is 5.97 Å². The molecule has 0 saturated carbocycles. The second-order valence-corrected chi connectivity index (χ2v) is 3.87. The molecule has 1 rings (SSSR count). The maximum atomic E-state index is 11.1. The number of nitrogens with one attached hydrogen (secondary N) is 2. The lowest BCUT2D eigenvalue weighted by molar-refractivity contribution is -0.148. The molecule has 0 amide bonds. The number of hydrogen-bond donors (Lipinski definition) is 3. The summed E-state index contributed by atoms with van der Waals surface area (Å²) in [4.78, 5) is 14.1. The van der Waals surface area contributed by atoms with Gasteiger partial charge in [0.1, 0.15) is 0 Å². The van der Waals surface area contributed by atoms with Crippen LogP contribution in [0, 0.1) is 5.41 Å². The number of carboxylic acid groups (broad SMARTS) is 1. The van der Waals surface area contributed by atoms with Crippen LogP contribution in [0.3, 0.4) is 0 Å². The third kappa shape index (κ3) is 1.80. The van der Waals surface area contributed by atoms with Gasteiger partial charge in [0.15, 0.2) is 0 Å². The van der Waals surface area contributed by atoms with Gasteiger partial charge in [0.25, 0.3) is 0 Å². The molecule has 78 valence electrons. The Kier molecular flexibility index (Phi) is 2.96. The Morgan fingerprint density at radius 1 is 1.64 bits per heavy atom. The van der Waals surface area contributed by atoms with Crippen LogP contribution in [-0.4, -0.2) is 23.1 Å². The Morgan fingerprint density at radius 3 is 2.64 bits per heavy atom. The lowest BCUT2D eigenvalue weighted by Gasteiger charge is -2.29. The van der Waals surface area contributed by atoms with E-state index in [4.69, 9.17) is 5.11 Å². The predicted molar refractivity (Wildman–Crippen MR) is 54.0 cm³/mol. The molecule has 1 unspecified atom stereocenters. The number of aliphatic carboxylic acids is 1. The number of rotatable bonds is 4. The van der Waals surface area contributed by atoms with Crippen LogP contribution >= 0.6 is 0 Å². The summed E-state index contributed by atoms with van der Waals surface area (Å²) >= 11 is 0. The van der Waals surface area contributed by atoms with Crippen LogP contribution in [0.5, 0.6) is 0 Å². The van der Waals surface area contributed by atoms with Gasteiger partial charge in [0.2, 0.25) is 0 Å². The van der Waals surface area contributed by atoms with E-state index in [1.165, 1.54) is 0 Å². The van der Waals surface area contributed by atoms with E-state index in [1.807, 2.05) is 12.1 Å². The first kappa shape index (κ1) is 10.8. The van der Waals surface area contributed by atoms with E-state index >= 15 is 0 Å². The smallest absolute Gasteiger partial charge is 0.311 e. The summed E-state index contributed by atoms with van der Waals surface area (Å²) in [6.45, 7) is 3.41. The van der Waals surface area contributed by atoms with E-state index in [0.717, 1.165) is 5.69 Å². The average Bonchev–Trinajstić information content (AvgIpc) is 2.57. The number of aromatic amines is 1. The van der Waals surface area contributed by atoms with E-state index in [0.29, 0.717) is 0 Å². The van der Waals surface area contributed by atoms with Crippen molar-refractivity contribution in [2.24, 2.45) is 5.41 Å². The van der Waals surface area contributed by atoms with Gasteiger partial charge in [-0.1, -0.05) is 0 Å². The van der Waals surface area contributed by atoms with Crippen LogP contribution in [0.1, 0.15) is 25.6 Å². The van der Waals surface area contributed by atoms with Crippen molar-refractivity contribution in [1.29, 1.82) is 0 Å². The maximum absolute atomic E-state index is 11.1. The highest BCUT2D eigenvalue weighted by atomic mass is 16.4. The summed E-state index contributed by atoms with van der Waals surface area (Å²) in [7, 11) is 1.76.